The van der Waals surface area contributed by atoms with Crippen LogP contribution in [0.25, 0.3) is 0 Å². The second kappa shape index (κ2) is 7.72. The highest BCUT2D eigenvalue weighted by molar-refractivity contribution is 5.99. The number of benzene rings is 2. The largest absolute Gasteiger partial charge is 0.573 e. The molecule has 3 aliphatic heterocycles. The van der Waals surface area contributed by atoms with Crippen LogP contribution in [0.1, 0.15) is 12.0 Å². The smallest absolute Gasteiger partial charge is 0.487 e. The molecule has 3 heterocycles. The number of fused-ring (bicyclic) bond motifs is 3. The number of hydrogen-bond acceptors (Lipinski definition) is 5. The maximum atomic E-state index is 13.6. The molecule has 1 amide bonds. The van der Waals surface area contributed by atoms with Crippen molar-refractivity contribution in [2.75, 3.05) is 24.7 Å². The van der Waals surface area contributed by atoms with Crippen LogP contribution >= 0.6 is 0 Å². The average Bonchev–Trinajstić information content (AvgIpc) is 3.08. The van der Waals surface area contributed by atoms with Gasteiger partial charge in [0.05, 0.1) is 37.5 Å². The average molecular weight is 434 g/mol. The topological polar surface area (TPSA) is 51.2 Å². The summed E-state index contributed by atoms with van der Waals surface area (Å²) in [4.78, 5) is 17.5. The lowest BCUT2D eigenvalue weighted by Gasteiger charge is -2.38. The lowest BCUT2D eigenvalue weighted by molar-refractivity contribution is -0.274. The molecule has 0 N–H and O–H groups in total. The van der Waals surface area contributed by atoms with E-state index in [0.29, 0.717) is 43.2 Å². The van der Waals surface area contributed by atoms with Crippen LogP contribution < -0.4 is 14.4 Å². The van der Waals surface area contributed by atoms with E-state index in [4.69, 9.17) is 9.47 Å². The van der Waals surface area contributed by atoms with Gasteiger partial charge in [-0.25, -0.2) is 0 Å². The molecule has 2 saturated heterocycles. The number of ether oxygens (including phenoxy) is 3. The minimum Gasteiger partial charge on any atom is -0.487 e. The molecule has 6 nitrogen and oxygen atoms in total. The van der Waals surface area contributed by atoms with Crippen molar-refractivity contribution in [2.45, 2.75) is 37.5 Å². The number of halogens is 3. The van der Waals surface area contributed by atoms with Crippen LogP contribution in [-0.2, 0) is 16.1 Å². The molecule has 2 fully saturated rings. The number of carbonyl (C=O) groups excluding carboxylic acids is 1. The van der Waals surface area contributed by atoms with Gasteiger partial charge in [0.15, 0.2) is 0 Å². The molecular weight excluding hydrogens is 413 g/mol. The Hall–Kier alpha value is -2.78. The molecule has 164 valence electrons. The van der Waals surface area contributed by atoms with Gasteiger partial charge >= 0.3 is 6.36 Å². The van der Waals surface area contributed by atoms with E-state index < -0.39 is 6.36 Å². The highest BCUT2D eigenvalue weighted by Gasteiger charge is 2.46. The molecule has 0 aromatic heterocycles. The van der Waals surface area contributed by atoms with Crippen LogP contribution in [0.15, 0.2) is 48.5 Å². The Labute approximate surface area is 177 Å². The summed E-state index contributed by atoms with van der Waals surface area (Å²) >= 11 is 0. The number of likely N-dealkylation sites (tertiary alicyclic amines) is 1. The maximum Gasteiger partial charge on any atom is 0.573 e. The van der Waals surface area contributed by atoms with Gasteiger partial charge in [0.2, 0.25) is 5.91 Å². The summed E-state index contributed by atoms with van der Waals surface area (Å²) < 4.78 is 52.8. The molecule has 0 radical (unpaired) electrons. The molecule has 2 aromatic rings. The Balaban J connectivity index is 1.44. The predicted octanol–water partition coefficient (Wildman–Crippen LogP) is 3.35. The predicted molar refractivity (Wildman–Crippen MR) is 105 cm³/mol. The Morgan fingerprint density at radius 1 is 1.06 bits per heavy atom. The number of amides is 1. The van der Waals surface area contributed by atoms with Crippen LogP contribution in [0.5, 0.6) is 11.5 Å². The van der Waals surface area contributed by atoms with E-state index in [-0.39, 0.29) is 36.4 Å². The number of hydrogen-bond donors (Lipinski definition) is 0. The fourth-order valence-corrected chi connectivity index (χ4v) is 4.37. The van der Waals surface area contributed by atoms with Gasteiger partial charge in [-0.3, -0.25) is 9.69 Å². The van der Waals surface area contributed by atoms with Crippen molar-refractivity contribution in [1.29, 1.82) is 0 Å². The number of para-hydroxylation sites is 2. The number of carbonyl (C=O) groups is 1. The molecule has 2 aromatic carbocycles. The zero-order valence-electron chi connectivity index (χ0n) is 16.5. The maximum absolute atomic E-state index is 13.6. The number of nitrogens with zero attached hydrogens (tertiary/aromatic N) is 2. The second-order valence-electron chi connectivity index (χ2n) is 7.96. The molecule has 2 bridgehead atoms. The molecule has 3 aliphatic rings. The zero-order chi connectivity index (χ0) is 21.6. The summed E-state index contributed by atoms with van der Waals surface area (Å²) in [5, 5.41) is 0. The van der Waals surface area contributed by atoms with Crippen molar-refractivity contribution in [2.24, 2.45) is 0 Å². The lowest BCUT2D eigenvalue weighted by Crippen LogP contribution is -2.55. The third-order valence-electron chi connectivity index (χ3n) is 5.89. The Bertz CT molecular complexity index is 962. The van der Waals surface area contributed by atoms with Crippen molar-refractivity contribution in [3.8, 4) is 11.5 Å². The molecule has 0 aliphatic carbocycles. The van der Waals surface area contributed by atoms with Gasteiger partial charge in [-0.2, -0.15) is 0 Å². The summed E-state index contributed by atoms with van der Waals surface area (Å²) in [6, 6.07) is 12.8. The molecule has 5 rings (SSSR count). The van der Waals surface area contributed by atoms with Gasteiger partial charge in [0.1, 0.15) is 17.6 Å². The Morgan fingerprint density at radius 3 is 2.48 bits per heavy atom. The molecule has 2 atom stereocenters. The highest BCUT2D eigenvalue weighted by atomic mass is 19.4. The normalized spacial score (nSPS) is 24.1. The van der Waals surface area contributed by atoms with E-state index in [0.717, 1.165) is 0 Å². The van der Waals surface area contributed by atoms with E-state index in [1.54, 1.807) is 4.90 Å². The molecule has 0 unspecified atom stereocenters. The van der Waals surface area contributed by atoms with E-state index in [2.05, 4.69) is 9.64 Å². The van der Waals surface area contributed by atoms with Crippen molar-refractivity contribution in [3.05, 3.63) is 54.1 Å². The van der Waals surface area contributed by atoms with Crippen LogP contribution in [0.2, 0.25) is 0 Å². The Kier molecular flexibility index (Phi) is 5.02. The molecule has 0 spiro atoms. The van der Waals surface area contributed by atoms with Gasteiger partial charge in [-0.05, 0) is 29.8 Å². The van der Waals surface area contributed by atoms with Gasteiger partial charge < -0.3 is 19.1 Å². The third-order valence-corrected chi connectivity index (χ3v) is 5.89. The standard InChI is InChI=1S/C22H21F3N2O4/c23-22(24,25)31-16-7-5-14(6-8-16)10-27-18-3-1-2-4-20(18)30-17-9-19(21(27)28)26(11-17)15-12-29-13-15/h1-8,15,17,19H,9-13H2/t17-,19-/m0/s1. The summed E-state index contributed by atoms with van der Waals surface area (Å²) in [6.07, 6.45) is -4.22. The number of alkyl halides is 3. The molecule has 0 saturated carbocycles. The number of anilines is 1. The quantitative estimate of drug-likeness (QED) is 0.739. The minimum atomic E-state index is -4.75. The molecule has 31 heavy (non-hydrogen) atoms. The van der Waals surface area contributed by atoms with Crippen LogP contribution in [0.4, 0.5) is 18.9 Å². The first-order chi connectivity index (χ1) is 14.9. The van der Waals surface area contributed by atoms with Crippen molar-refractivity contribution in [1.82, 2.24) is 4.90 Å². The summed E-state index contributed by atoms with van der Waals surface area (Å²) in [5.74, 6) is 0.289. The van der Waals surface area contributed by atoms with E-state index >= 15 is 0 Å². The van der Waals surface area contributed by atoms with E-state index in [9.17, 15) is 18.0 Å². The minimum absolute atomic E-state index is 0.0410. The lowest BCUT2D eigenvalue weighted by atomic mass is 10.1. The first-order valence-electron chi connectivity index (χ1n) is 10.1. The van der Waals surface area contributed by atoms with Crippen LogP contribution in [0.3, 0.4) is 0 Å². The van der Waals surface area contributed by atoms with Crippen molar-refractivity contribution in [3.63, 3.8) is 0 Å². The fraction of sp³-hybridized carbons (Fsp3) is 0.409. The van der Waals surface area contributed by atoms with Gasteiger partial charge in [-0.1, -0.05) is 24.3 Å². The molecule has 9 heteroatoms. The second-order valence-corrected chi connectivity index (χ2v) is 7.96. The van der Waals surface area contributed by atoms with Gasteiger partial charge in [0.25, 0.3) is 0 Å². The molecular formula is C22H21F3N2O4. The van der Waals surface area contributed by atoms with E-state index in [1.807, 2.05) is 24.3 Å². The highest BCUT2D eigenvalue weighted by Crippen LogP contribution is 2.38. The summed E-state index contributed by atoms with van der Waals surface area (Å²) in [5.41, 5.74) is 1.34. The van der Waals surface area contributed by atoms with Gasteiger partial charge in [0, 0.05) is 13.0 Å². The van der Waals surface area contributed by atoms with E-state index in [1.165, 1.54) is 24.3 Å². The first kappa shape index (κ1) is 20.1. The first-order valence-corrected chi connectivity index (χ1v) is 10.1. The van der Waals surface area contributed by atoms with Crippen LogP contribution in [-0.4, -0.2) is 55.1 Å². The van der Waals surface area contributed by atoms with Gasteiger partial charge in [-0.15, -0.1) is 13.2 Å². The summed E-state index contributed by atoms with van der Waals surface area (Å²) in [6.45, 7) is 2.08. The Morgan fingerprint density at radius 2 is 1.81 bits per heavy atom. The fourth-order valence-electron chi connectivity index (χ4n) is 4.37. The monoisotopic (exact) mass is 434 g/mol. The summed E-state index contributed by atoms with van der Waals surface area (Å²) in [7, 11) is 0. The van der Waals surface area contributed by atoms with Crippen molar-refractivity contribution >= 4 is 11.6 Å². The van der Waals surface area contributed by atoms with Crippen LogP contribution in [0, 0.1) is 0 Å². The number of rotatable bonds is 4. The zero-order valence-corrected chi connectivity index (χ0v) is 16.5. The van der Waals surface area contributed by atoms with Crippen molar-refractivity contribution < 1.29 is 32.2 Å². The third kappa shape index (κ3) is 4.07. The SMILES string of the molecule is O=C1[C@@H]2C[C@@H](CN2C2COC2)Oc2ccccc2N1Cc1ccc(OC(F)(F)F)cc1.